The number of rotatable bonds is 6. The van der Waals surface area contributed by atoms with Gasteiger partial charge in [0.25, 0.3) is 0 Å². The molecule has 5 rings (SSSR count). The smallest absolute Gasteiger partial charge is 0.143 e. The molecule has 0 N–H and O–H groups in total. The van der Waals surface area contributed by atoms with Crippen LogP contribution >= 0.6 is 11.6 Å². The minimum atomic E-state index is 0.203. The quantitative estimate of drug-likeness (QED) is 0.333. The van der Waals surface area contributed by atoms with Gasteiger partial charge in [0.15, 0.2) is 0 Å². The first-order valence-electron chi connectivity index (χ1n) is 11.7. The van der Waals surface area contributed by atoms with E-state index >= 15 is 0 Å². The van der Waals surface area contributed by atoms with Crippen molar-refractivity contribution < 1.29 is 4.74 Å². The van der Waals surface area contributed by atoms with Gasteiger partial charge in [-0.2, -0.15) is 5.26 Å². The third-order valence-electron chi connectivity index (χ3n) is 6.72. The van der Waals surface area contributed by atoms with E-state index in [2.05, 4.69) is 44.9 Å². The van der Waals surface area contributed by atoms with Gasteiger partial charge in [0, 0.05) is 64.7 Å². The Bertz CT molecular complexity index is 1350. The number of methoxy groups -OCH3 is 1. The Hall–Kier alpha value is -3.33. The molecule has 5 nitrogen and oxygen atoms in total. The molecule has 1 saturated heterocycles. The number of hydrogen-bond acceptors (Lipinski definition) is 4. The van der Waals surface area contributed by atoms with Gasteiger partial charge in [-0.05, 0) is 55.8 Å². The van der Waals surface area contributed by atoms with Crippen LogP contribution in [0.1, 0.15) is 12.8 Å². The molecule has 0 bridgehead atoms. The maximum absolute atomic E-state index is 9.18. The maximum Gasteiger partial charge on any atom is 0.143 e. The number of piperidine rings is 1. The first-order chi connectivity index (χ1) is 16.7. The molecule has 0 unspecified atom stereocenters. The van der Waals surface area contributed by atoms with Gasteiger partial charge in [-0.1, -0.05) is 35.9 Å². The van der Waals surface area contributed by atoms with Gasteiger partial charge < -0.3 is 14.2 Å². The fraction of sp³-hybridized carbons (Fsp3) is 0.286. The van der Waals surface area contributed by atoms with E-state index in [9.17, 15) is 5.26 Å². The molecular formula is C28H27ClN4O. The molecule has 34 heavy (non-hydrogen) atoms. The molecule has 0 spiro atoms. The minimum Gasteiger partial charge on any atom is -0.495 e. The van der Waals surface area contributed by atoms with E-state index in [1.807, 2.05) is 42.7 Å². The van der Waals surface area contributed by atoms with Crippen molar-refractivity contribution in [3.63, 3.8) is 0 Å². The molecule has 2 aromatic carbocycles. The number of aromatic nitrogens is 2. The first-order valence-corrected chi connectivity index (χ1v) is 12.0. The third kappa shape index (κ3) is 4.52. The number of para-hydroxylation sites is 1. The van der Waals surface area contributed by atoms with E-state index in [0.717, 1.165) is 77.9 Å². The van der Waals surface area contributed by atoms with Crippen LogP contribution in [0.5, 0.6) is 5.75 Å². The molecule has 1 aliphatic rings. The van der Waals surface area contributed by atoms with Crippen molar-refractivity contribution in [2.24, 2.45) is 5.92 Å². The molecular weight excluding hydrogens is 444 g/mol. The molecule has 0 radical (unpaired) electrons. The summed E-state index contributed by atoms with van der Waals surface area (Å²) >= 11 is 6.22. The van der Waals surface area contributed by atoms with Crippen molar-refractivity contribution in [3.8, 4) is 34.1 Å². The van der Waals surface area contributed by atoms with Crippen LogP contribution in [0.3, 0.4) is 0 Å². The van der Waals surface area contributed by atoms with Gasteiger partial charge in [-0.15, -0.1) is 0 Å². The lowest BCUT2D eigenvalue weighted by Gasteiger charge is -2.29. The highest BCUT2D eigenvalue weighted by atomic mass is 35.5. The Morgan fingerprint density at radius 3 is 2.59 bits per heavy atom. The van der Waals surface area contributed by atoms with E-state index in [1.54, 1.807) is 7.11 Å². The molecule has 2 aromatic heterocycles. The molecule has 0 aliphatic carbocycles. The second-order valence-corrected chi connectivity index (χ2v) is 9.25. The zero-order chi connectivity index (χ0) is 23.5. The predicted octanol–water partition coefficient (Wildman–Crippen LogP) is 6.27. The Labute approximate surface area is 205 Å². The third-order valence-corrected chi connectivity index (χ3v) is 6.95. The van der Waals surface area contributed by atoms with Crippen LogP contribution in [0.15, 0.2) is 67.1 Å². The number of ether oxygens (including phenoxy) is 1. The predicted molar refractivity (Wildman–Crippen MR) is 137 cm³/mol. The number of hydrogen-bond donors (Lipinski definition) is 0. The molecule has 0 saturated carbocycles. The summed E-state index contributed by atoms with van der Waals surface area (Å²) in [6.45, 7) is 3.76. The Morgan fingerprint density at radius 2 is 1.82 bits per heavy atom. The van der Waals surface area contributed by atoms with Gasteiger partial charge in [0.1, 0.15) is 5.75 Å². The van der Waals surface area contributed by atoms with Crippen LogP contribution in [0.25, 0.3) is 33.2 Å². The molecule has 1 aliphatic heterocycles. The standard InChI is InChI=1S/C28H27ClN4O/c1-34-27-7-3-6-25-26(23-14-22(17-31-18-23)21-4-2-5-24(29)15-21)19-33(28(25)27)13-12-32-10-8-20(16-30)9-11-32/h2-7,14-15,17-20H,8-13H2,1H3. The van der Waals surface area contributed by atoms with Crippen LogP contribution in [-0.2, 0) is 6.54 Å². The monoisotopic (exact) mass is 470 g/mol. The minimum absolute atomic E-state index is 0.203. The van der Waals surface area contributed by atoms with Gasteiger partial charge in [-0.3, -0.25) is 4.98 Å². The fourth-order valence-electron chi connectivity index (χ4n) is 4.84. The Kier molecular flexibility index (Phi) is 6.53. The number of nitriles is 1. The Morgan fingerprint density at radius 1 is 1.03 bits per heavy atom. The molecule has 0 atom stereocenters. The topological polar surface area (TPSA) is 54.1 Å². The molecule has 4 aromatic rings. The summed E-state index contributed by atoms with van der Waals surface area (Å²) in [6.07, 6.45) is 7.92. The van der Waals surface area contributed by atoms with E-state index in [-0.39, 0.29) is 5.92 Å². The normalized spacial score (nSPS) is 14.9. The van der Waals surface area contributed by atoms with Gasteiger partial charge in [0.2, 0.25) is 0 Å². The lowest BCUT2D eigenvalue weighted by atomic mass is 9.99. The number of likely N-dealkylation sites (tertiary alicyclic amines) is 1. The Balaban J connectivity index is 1.49. The second-order valence-electron chi connectivity index (χ2n) is 8.81. The average Bonchev–Trinajstić information content (AvgIpc) is 3.27. The maximum atomic E-state index is 9.18. The van der Waals surface area contributed by atoms with Gasteiger partial charge >= 0.3 is 0 Å². The molecule has 172 valence electrons. The highest BCUT2D eigenvalue weighted by Crippen LogP contribution is 2.37. The number of benzene rings is 2. The second kappa shape index (κ2) is 9.89. The first kappa shape index (κ1) is 22.5. The summed E-state index contributed by atoms with van der Waals surface area (Å²) in [7, 11) is 1.72. The van der Waals surface area contributed by atoms with Gasteiger partial charge in [-0.25, -0.2) is 0 Å². The highest BCUT2D eigenvalue weighted by molar-refractivity contribution is 6.30. The van der Waals surface area contributed by atoms with Gasteiger partial charge in [0.05, 0.1) is 18.7 Å². The largest absolute Gasteiger partial charge is 0.495 e. The van der Waals surface area contributed by atoms with E-state index in [1.165, 1.54) is 0 Å². The zero-order valence-corrected chi connectivity index (χ0v) is 20.0. The molecule has 1 fully saturated rings. The van der Waals surface area contributed by atoms with Crippen LogP contribution in [-0.4, -0.2) is 41.2 Å². The summed E-state index contributed by atoms with van der Waals surface area (Å²) in [5, 5.41) is 11.0. The summed E-state index contributed by atoms with van der Waals surface area (Å²) < 4.78 is 8.04. The number of halogens is 1. The van der Waals surface area contributed by atoms with Crippen molar-refractivity contribution in [3.05, 3.63) is 72.1 Å². The number of nitrogens with zero attached hydrogens (tertiary/aromatic N) is 4. The summed E-state index contributed by atoms with van der Waals surface area (Å²) in [4.78, 5) is 7.00. The highest BCUT2D eigenvalue weighted by Gasteiger charge is 2.20. The van der Waals surface area contributed by atoms with Crippen LogP contribution < -0.4 is 4.74 Å². The van der Waals surface area contributed by atoms with Crippen molar-refractivity contribution in [2.75, 3.05) is 26.7 Å². The van der Waals surface area contributed by atoms with Crippen molar-refractivity contribution in [2.45, 2.75) is 19.4 Å². The zero-order valence-electron chi connectivity index (χ0n) is 19.2. The molecule has 3 heterocycles. The lowest BCUT2D eigenvalue weighted by Crippen LogP contribution is -2.35. The fourth-order valence-corrected chi connectivity index (χ4v) is 5.04. The van der Waals surface area contributed by atoms with Crippen molar-refractivity contribution >= 4 is 22.5 Å². The molecule has 0 amide bonds. The average molecular weight is 471 g/mol. The van der Waals surface area contributed by atoms with E-state index in [4.69, 9.17) is 16.3 Å². The number of fused-ring (bicyclic) bond motifs is 1. The van der Waals surface area contributed by atoms with E-state index < -0.39 is 0 Å². The number of pyridine rings is 1. The van der Waals surface area contributed by atoms with Crippen molar-refractivity contribution in [1.29, 1.82) is 5.26 Å². The summed E-state index contributed by atoms with van der Waals surface area (Å²) in [6, 6.07) is 18.6. The van der Waals surface area contributed by atoms with Crippen LogP contribution in [0.4, 0.5) is 0 Å². The van der Waals surface area contributed by atoms with E-state index in [0.29, 0.717) is 5.02 Å². The van der Waals surface area contributed by atoms with Crippen LogP contribution in [0.2, 0.25) is 5.02 Å². The van der Waals surface area contributed by atoms with Crippen LogP contribution in [0, 0.1) is 17.2 Å². The SMILES string of the molecule is COc1cccc2c(-c3cncc(-c4cccc(Cl)c4)c3)cn(CCN3CCC(C#N)CC3)c12. The molecule has 6 heteroatoms. The summed E-state index contributed by atoms with van der Waals surface area (Å²) in [5.41, 5.74) is 5.37. The lowest BCUT2D eigenvalue weighted by molar-refractivity contribution is 0.199. The summed E-state index contributed by atoms with van der Waals surface area (Å²) in [5.74, 6) is 1.07. The van der Waals surface area contributed by atoms with Crippen molar-refractivity contribution in [1.82, 2.24) is 14.5 Å².